The minimum atomic E-state index is -4.15. The number of phosphoric acid groups is 1. The number of hydrogen-bond acceptors (Lipinski definition) is 12. The lowest BCUT2D eigenvalue weighted by molar-refractivity contribution is -0.268. The van der Waals surface area contributed by atoms with E-state index in [0.717, 1.165) is 7.11 Å². The first-order chi connectivity index (χ1) is 17.7. The van der Waals surface area contributed by atoms with Crippen molar-refractivity contribution in [3.8, 4) is 0 Å². The zero-order valence-electron chi connectivity index (χ0n) is 22.5. The Bertz CT molecular complexity index is 766. The lowest BCUT2D eigenvalue weighted by atomic mass is 9.89. The summed E-state index contributed by atoms with van der Waals surface area (Å²) in [4.78, 5) is 33.1. The molecule has 0 aliphatic carbocycles. The molecule has 1 aliphatic rings. The lowest BCUT2D eigenvalue weighted by Crippen LogP contribution is -2.64. The predicted octanol–water partition coefficient (Wildman–Crippen LogP) is -1.34. The maximum Gasteiger partial charge on any atom is 0.472 e. The van der Waals surface area contributed by atoms with Crippen LogP contribution in [0.4, 0.5) is 0 Å². The molecule has 15 nitrogen and oxygen atoms in total. The van der Waals surface area contributed by atoms with Gasteiger partial charge in [0.25, 0.3) is 0 Å². The van der Waals surface area contributed by atoms with Crippen molar-refractivity contribution in [3.05, 3.63) is 0 Å². The Morgan fingerprint density at radius 2 is 1.76 bits per heavy atom. The molecule has 1 saturated heterocycles. The molecule has 38 heavy (non-hydrogen) atoms. The van der Waals surface area contributed by atoms with Crippen molar-refractivity contribution in [1.29, 1.82) is 0 Å². The van der Waals surface area contributed by atoms with Gasteiger partial charge >= 0.3 is 7.82 Å². The van der Waals surface area contributed by atoms with E-state index in [1.165, 1.54) is 6.92 Å². The SMILES string of the molecule is COP(=O)(O)O[C@@H](COCCOCCNC(=O)CO[C@@H]1O[C@H](CO)[C@H](O)[C@H](O)[C@H]1NC(C)=O)CC(C)(C)C. The molecule has 224 valence electrons. The van der Waals surface area contributed by atoms with Crippen molar-refractivity contribution in [2.24, 2.45) is 5.41 Å². The number of carbonyl (C=O) groups is 2. The number of nitrogens with one attached hydrogen (secondary N) is 2. The van der Waals surface area contributed by atoms with Gasteiger partial charge in [0.2, 0.25) is 11.8 Å². The normalized spacial score (nSPS) is 26.4. The lowest BCUT2D eigenvalue weighted by Gasteiger charge is -2.42. The number of amides is 2. The van der Waals surface area contributed by atoms with E-state index in [2.05, 4.69) is 15.2 Å². The molecule has 16 heteroatoms. The molecule has 1 aliphatic heterocycles. The van der Waals surface area contributed by atoms with E-state index in [9.17, 15) is 34.4 Å². The third-order valence-corrected chi connectivity index (χ3v) is 6.25. The number of aliphatic hydroxyl groups is 3. The maximum absolute atomic E-state index is 12.1. The fraction of sp³-hybridized carbons (Fsp3) is 0.909. The average molecular weight is 575 g/mol. The number of ether oxygens (including phenoxy) is 4. The van der Waals surface area contributed by atoms with Crippen molar-refractivity contribution < 1.29 is 62.4 Å². The molecule has 0 saturated carbocycles. The van der Waals surface area contributed by atoms with Crippen LogP contribution in [0.25, 0.3) is 0 Å². The molecule has 7 atom stereocenters. The summed E-state index contributed by atoms with van der Waals surface area (Å²) in [6, 6.07) is -1.14. The summed E-state index contributed by atoms with van der Waals surface area (Å²) in [5.41, 5.74) is -0.171. The summed E-state index contributed by atoms with van der Waals surface area (Å²) in [6.45, 7) is 6.79. The summed E-state index contributed by atoms with van der Waals surface area (Å²) >= 11 is 0. The molecule has 1 rings (SSSR count). The first-order valence-electron chi connectivity index (χ1n) is 12.2. The number of hydrogen-bond donors (Lipinski definition) is 6. The van der Waals surface area contributed by atoms with Crippen molar-refractivity contribution in [2.45, 2.75) is 70.9 Å². The van der Waals surface area contributed by atoms with E-state index in [4.69, 9.17) is 23.5 Å². The Morgan fingerprint density at radius 3 is 2.34 bits per heavy atom. The molecular formula is C22H43N2O13P. The van der Waals surface area contributed by atoms with Crippen molar-refractivity contribution in [1.82, 2.24) is 10.6 Å². The summed E-state index contributed by atoms with van der Waals surface area (Å²) in [5, 5.41) is 34.5. The fourth-order valence-electron chi connectivity index (χ4n) is 3.56. The van der Waals surface area contributed by atoms with E-state index in [0.29, 0.717) is 6.42 Å². The van der Waals surface area contributed by atoms with Gasteiger partial charge in [-0.25, -0.2) is 4.57 Å². The standard InChI is InChI=1S/C22H43N2O13P/c1-14(26)24-18-20(29)19(28)16(11-25)36-21(18)35-13-17(27)23-6-7-33-8-9-34-12-15(10-22(2,3)4)37-38(30,31)32-5/h15-16,18-21,25,28-29H,6-13H2,1-5H3,(H,23,27)(H,24,26)(H,30,31)/t15-,16-,18-,19+,20-,21-/m1/s1. The van der Waals surface area contributed by atoms with Crippen LogP contribution in [0.2, 0.25) is 0 Å². The number of aliphatic hydroxyl groups excluding tert-OH is 3. The molecular weight excluding hydrogens is 531 g/mol. The highest BCUT2D eigenvalue weighted by atomic mass is 31.2. The molecule has 1 unspecified atom stereocenters. The van der Waals surface area contributed by atoms with Gasteiger partial charge in [0.15, 0.2) is 6.29 Å². The van der Waals surface area contributed by atoms with Crippen molar-refractivity contribution >= 4 is 19.6 Å². The number of rotatable bonds is 17. The van der Waals surface area contributed by atoms with Crippen LogP contribution in [0, 0.1) is 5.41 Å². The second-order valence-electron chi connectivity index (χ2n) is 9.92. The van der Waals surface area contributed by atoms with E-state index in [-0.39, 0.29) is 38.4 Å². The molecule has 0 aromatic rings. The smallest absolute Gasteiger partial charge is 0.394 e. The molecule has 1 heterocycles. The van der Waals surface area contributed by atoms with Gasteiger partial charge in [0.05, 0.1) is 39.1 Å². The summed E-state index contributed by atoms with van der Waals surface area (Å²) in [5.74, 6) is -1.03. The van der Waals surface area contributed by atoms with E-state index in [1.54, 1.807) is 0 Å². The monoisotopic (exact) mass is 574 g/mol. The Morgan fingerprint density at radius 1 is 1.11 bits per heavy atom. The van der Waals surface area contributed by atoms with Gasteiger partial charge in [0, 0.05) is 20.6 Å². The van der Waals surface area contributed by atoms with Gasteiger partial charge in [-0.05, 0) is 11.8 Å². The highest BCUT2D eigenvalue weighted by Crippen LogP contribution is 2.45. The first kappa shape index (κ1) is 34.8. The Hall–Kier alpha value is -1.23. The van der Waals surface area contributed by atoms with Gasteiger partial charge in [0.1, 0.15) is 31.0 Å². The van der Waals surface area contributed by atoms with Crippen molar-refractivity contribution in [2.75, 3.05) is 53.3 Å². The van der Waals surface area contributed by atoms with E-state index >= 15 is 0 Å². The second kappa shape index (κ2) is 16.8. The molecule has 1 fully saturated rings. The van der Waals surface area contributed by atoms with Crippen molar-refractivity contribution in [3.63, 3.8) is 0 Å². The molecule has 6 N–H and O–H groups in total. The minimum absolute atomic E-state index is 0.0637. The summed E-state index contributed by atoms with van der Waals surface area (Å²) in [7, 11) is -3.07. The quantitative estimate of drug-likeness (QED) is 0.0879. The van der Waals surface area contributed by atoms with E-state index in [1.807, 2.05) is 20.8 Å². The van der Waals surface area contributed by atoms with Crippen LogP contribution >= 0.6 is 7.82 Å². The van der Waals surface area contributed by atoms with Gasteiger partial charge in [-0.2, -0.15) is 0 Å². The highest BCUT2D eigenvalue weighted by molar-refractivity contribution is 7.47. The molecule has 0 radical (unpaired) electrons. The van der Waals surface area contributed by atoms with Crippen LogP contribution in [0.3, 0.4) is 0 Å². The second-order valence-corrected chi connectivity index (χ2v) is 11.4. The van der Waals surface area contributed by atoms with Crippen LogP contribution in [0.1, 0.15) is 34.1 Å². The maximum atomic E-state index is 12.1. The predicted molar refractivity (Wildman–Crippen MR) is 132 cm³/mol. The van der Waals surface area contributed by atoms with Gasteiger partial charge in [-0.15, -0.1) is 0 Å². The Labute approximate surface area is 222 Å². The molecule has 0 aromatic heterocycles. The topological polar surface area (TPSA) is 212 Å². The van der Waals surface area contributed by atoms with Gasteiger partial charge < -0.3 is 49.8 Å². The Kier molecular flexibility index (Phi) is 15.4. The third-order valence-electron chi connectivity index (χ3n) is 5.23. The number of carbonyl (C=O) groups excluding carboxylic acids is 2. The van der Waals surface area contributed by atoms with Crippen LogP contribution in [-0.4, -0.2) is 122 Å². The highest BCUT2D eigenvalue weighted by Gasteiger charge is 2.45. The Balaban J connectivity index is 2.31. The fourth-order valence-corrected chi connectivity index (χ4v) is 4.16. The molecule has 0 bridgehead atoms. The van der Waals surface area contributed by atoms with Gasteiger partial charge in [-0.1, -0.05) is 20.8 Å². The zero-order valence-corrected chi connectivity index (χ0v) is 23.4. The first-order valence-corrected chi connectivity index (χ1v) is 13.7. The third kappa shape index (κ3) is 13.7. The average Bonchev–Trinajstić information content (AvgIpc) is 2.81. The molecule has 2 amide bonds. The molecule has 0 aromatic carbocycles. The van der Waals surface area contributed by atoms with Gasteiger partial charge in [-0.3, -0.25) is 18.6 Å². The molecule has 0 spiro atoms. The minimum Gasteiger partial charge on any atom is -0.394 e. The van der Waals surface area contributed by atoms with Crippen LogP contribution in [-0.2, 0) is 42.1 Å². The van der Waals surface area contributed by atoms with Crippen LogP contribution in [0.15, 0.2) is 0 Å². The van der Waals surface area contributed by atoms with E-state index < -0.39 is 69.6 Å². The largest absolute Gasteiger partial charge is 0.472 e. The summed E-state index contributed by atoms with van der Waals surface area (Å²) < 4.78 is 43.0. The van der Waals surface area contributed by atoms with Crippen LogP contribution < -0.4 is 10.6 Å². The zero-order chi connectivity index (χ0) is 28.9. The van der Waals surface area contributed by atoms with Crippen LogP contribution in [0.5, 0.6) is 0 Å². The number of phosphoric ester groups is 1. The summed E-state index contributed by atoms with van der Waals surface area (Å²) in [6.07, 6.45) is -5.54.